The van der Waals surface area contributed by atoms with Gasteiger partial charge in [0.2, 0.25) is 0 Å². The van der Waals surface area contributed by atoms with Crippen molar-refractivity contribution in [3.63, 3.8) is 0 Å². The third-order valence-corrected chi connectivity index (χ3v) is 4.65. The number of Topliss-reactive ketones (excluding diaryl/α,β-unsaturated/α-hetero) is 1. The van der Waals surface area contributed by atoms with Crippen molar-refractivity contribution in [2.75, 3.05) is 5.32 Å². The second-order valence-corrected chi connectivity index (χ2v) is 7.24. The number of carbonyl (C=O) groups is 1. The Morgan fingerprint density at radius 2 is 1.96 bits per heavy atom. The SMILES string of the molecule is CC1(C)Cc2cc3c(cc2N1)CC(=O)C(Cc1ccccc1)O3. The second kappa shape index (κ2) is 5.12. The zero-order valence-corrected chi connectivity index (χ0v) is 13.6. The zero-order chi connectivity index (χ0) is 16.0. The van der Waals surface area contributed by atoms with E-state index in [4.69, 9.17) is 4.74 Å². The smallest absolute Gasteiger partial charge is 0.178 e. The fourth-order valence-corrected chi connectivity index (χ4v) is 3.57. The Morgan fingerprint density at radius 1 is 1.17 bits per heavy atom. The number of ketones is 1. The molecule has 0 saturated carbocycles. The van der Waals surface area contributed by atoms with E-state index in [1.165, 1.54) is 5.56 Å². The molecule has 1 atom stereocenters. The fourth-order valence-electron chi connectivity index (χ4n) is 3.57. The predicted octanol–water partition coefficient (Wildman–Crippen LogP) is 3.55. The van der Waals surface area contributed by atoms with Crippen LogP contribution >= 0.6 is 0 Å². The maximum Gasteiger partial charge on any atom is 0.178 e. The van der Waals surface area contributed by atoms with Crippen LogP contribution in [0.5, 0.6) is 5.75 Å². The maximum atomic E-state index is 12.4. The first-order valence-corrected chi connectivity index (χ1v) is 8.17. The summed E-state index contributed by atoms with van der Waals surface area (Å²) in [5.74, 6) is 1.04. The van der Waals surface area contributed by atoms with Crippen LogP contribution in [0.3, 0.4) is 0 Å². The monoisotopic (exact) mass is 307 g/mol. The normalized spacial score (nSPS) is 21.1. The number of hydrogen-bond acceptors (Lipinski definition) is 3. The molecule has 0 amide bonds. The Balaban J connectivity index is 1.60. The molecule has 2 aromatic rings. The Kier molecular flexibility index (Phi) is 3.19. The number of rotatable bonds is 2. The molecule has 1 N–H and O–H groups in total. The van der Waals surface area contributed by atoms with Gasteiger partial charge in [-0.15, -0.1) is 0 Å². The van der Waals surface area contributed by atoms with E-state index in [2.05, 4.69) is 31.3 Å². The van der Waals surface area contributed by atoms with Gasteiger partial charge in [0.25, 0.3) is 0 Å². The quantitative estimate of drug-likeness (QED) is 0.922. The molecule has 0 saturated heterocycles. The summed E-state index contributed by atoms with van der Waals surface area (Å²) in [6.45, 7) is 4.38. The first kappa shape index (κ1) is 14.3. The van der Waals surface area contributed by atoms with Gasteiger partial charge in [-0.2, -0.15) is 0 Å². The van der Waals surface area contributed by atoms with Gasteiger partial charge < -0.3 is 10.1 Å². The van der Waals surface area contributed by atoms with Crippen molar-refractivity contribution < 1.29 is 9.53 Å². The largest absolute Gasteiger partial charge is 0.482 e. The summed E-state index contributed by atoms with van der Waals surface area (Å²) in [5, 5.41) is 3.52. The van der Waals surface area contributed by atoms with E-state index in [-0.39, 0.29) is 17.4 Å². The molecule has 118 valence electrons. The minimum atomic E-state index is -0.370. The van der Waals surface area contributed by atoms with Crippen molar-refractivity contribution in [1.29, 1.82) is 0 Å². The van der Waals surface area contributed by atoms with E-state index in [0.717, 1.165) is 29.0 Å². The summed E-state index contributed by atoms with van der Waals surface area (Å²) in [6, 6.07) is 14.3. The minimum absolute atomic E-state index is 0.0692. The van der Waals surface area contributed by atoms with Gasteiger partial charge >= 0.3 is 0 Å². The van der Waals surface area contributed by atoms with Crippen LogP contribution in [0.25, 0.3) is 0 Å². The van der Waals surface area contributed by atoms with Crippen molar-refractivity contribution >= 4 is 11.5 Å². The molecule has 0 spiro atoms. The predicted molar refractivity (Wildman–Crippen MR) is 91.1 cm³/mol. The highest BCUT2D eigenvalue weighted by atomic mass is 16.5. The number of ether oxygens (including phenoxy) is 1. The summed E-state index contributed by atoms with van der Waals surface area (Å²) in [5.41, 5.74) is 4.63. The topological polar surface area (TPSA) is 38.3 Å². The molecule has 23 heavy (non-hydrogen) atoms. The zero-order valence-electron chi connectivity index (χ0n) is 13.6. The lowest BCUT2D eigenvalue weighted by Gasteiger charge is -2.26. The molecule has 0 fully saturated rings. The summed E-state index contributed by atoms with van der Waals surface area (Å²) in [7, 11) is 0. The highest BCUT2D eigenvalue weighted by molar-refractivity contribution is 5.88. The molecular formula is C20H21NO2. The van der Waals surface area contributed by atoms with Gasteiger partial charge in [0.1, 0.15) is 5.75 Å². The summed E-state index contributed by atoms with van der Waals surface area (Å²) in [6.07, 6.45) is 1.71. The van der Waals surface area contributed by atoms with E-state index >= 15 is 0 Å². The van der Waals surface area contributed by atoms with Gasteiger partial charge in [0, 0.05) is 29.6 Å². The summed E-state index contributed by atoms with van der Waals surface area (Å²) < 4.78 is 6.06. The first-order chi connectivity index (χ1) is 11.0. The molecule has 4 rings (SSSR count). The van der Waals surface area contributed by atoms with Gasteiger partial charge in [-0.1, -0.05) is 30.3 Å². The van der Waals surface area contributed by atoms with Crippen LogP contribution in [-0.4, -0.2) is 17.4 Å². The van der Waals surface area contributed by atoms with Crippen LogP contribution in [0.1, 0.15) is 30.5 Å². The first-order valence-electron chi connectivity index (χ1n) is 8.17. The van der Waals surface area contributed by atoms with Gasteiger partial charge in [-0.3, -0.25) is 4.79 Å². The average molecular weight is 307 g/mol. The molecule has 0 aromatic heterocycles. The molecular weight excluding hydrogens is 286 g/mol. The molecule has 2 aliphatic heterocycles. The van der Waals surface area contributed by atoms with Gasteiger partial charge in [-0.25, -0.2) is 0 Å². The molecule has 2 aromatic carbocycles. The molecule has 2 aliphatic rings. The highest BCUT2D eigenvalue weighted by Crippen LogP contribution is 2.39. The van der Waals surface area contributed by atoms with Crippen LogP contribution in [-0.2, 0) is 24.1 Å². The van der Waals surface area contributed by atoms with Crippen molar-refractivity contribution in [2.45, 2.75) is 44.8 Å². The van der Waals surface area contributed by atoms with Crippen molar-refractivity contribution in [3.8, 4) is 5.75 Å². The molecule has 2 heterocycles. The summed E-state index contributed by atoms with van der Waals surface area (Å²) in [4.78, 5) is 12.4. The molecule has 0 radical (unpaired) electrons. The fraction of sp³-hybridized carbons (Fsp3) is 0.350. The second-order valence-electron chi connectivity index (χ2n) is 7.24. The number of benzene rings is 2. The molecule has 0 bridgehead atoms. The minimum Gasteiger partial charge on any atom is -0.482 e. The third kappa shape index (κ3) is 2.72. The highest BCUT2D eigenvalue weighted by Gasteiger charge is 2.33. The number of nitrogens with one attached hydrogen (secondary N) is 1. The van der Waals surface area contributed by atoms with Gasteiger partial charge in [0.05, 0.1) is 0 Å². The van der Waals surface area contributed by atoms with E-state index in [0.29, 0.717) is 12.8 Å². The van der Waals surface area contributed by atoms with Crippen LogP contribution < -0.4 is 10.1 Å². The molecule has 1 unspecified atom stereocenters. The standard InChI is InChI=1S/C20H21NO2/c1-20(2)12-15-11-18-14(9-16(15)21-20)10-17(22)19(23-18)8-13-6-4-3-5-7-13/h3-7,9,11,19,21H,8,10,12H2,1-2H3. The Hall–Kier alpha value is -2.29. The lowest BCUT2D eigenvalue weighted by molar-refractivity contribution is -0.126. The lowest BCUT2D eigenvalue weighted by Crippen LogP contribution is -2.35. The Labute approximate surface area is 136 Å². The van der Waals surface area contributed by atoms with Crippen molar-refractivity contribution in [3.05, 3.63) is 59.2 Å². The Bertz CT molecular complexity index is 765. The average Bonchev–Trinajstić information content (AvgIpc) is 2.80. The number of hydrogen-bond donors (Lipinski definition) is 1. The van der Waals surface area contributed by atoms with Crippen LogP contribution in [0.15, 0.2) is 42.5 Å². The van der Waals surface area contributed by atoms with Crippen LogP contribution in [0, 0.1) is 0 Å². The molecule has 0 aliphatic carbocycles. The molecule has 3 nitrogen and oxygen atoms in total. The van der Waals surface area contributed by atoms with Crippen LogP contribution in [0.4, 0.5) is 5.69 Å². The summed E-state index contributed by atoms with van der Waals surface area (Å²) >= 11 is 0. The lowest BCUT2D eigenvalue weighted by atomic mass is 9.94. The van der Waals surface area contributed by atoms with Crippen molar-refractivity contribution in [1.82, 2.24) is 0 Å². The van der Waals surface area contributed by atoms with E-state index < -0.39 is 0 Å². The molecule has 3 heteroatoms. The van der Waals surface area contributed by atoms with Crippen LogP contribution in [0.2, 0.25) is 0 Å². The van der Waals surface area contributed by atoms with Crippen molar-refractivity contribution in [2.24, 2.45) is 0 Å². The van der Waals surface area contributed by atoms with E-state index in [9.17, 15) is 4.79 Å². The third-order valence-electron chi connectivity index (χ3n) is 4.65. The van der Waals surface area contributed by atoms with E-state index in [1.54, 1.807) is 0 Å². The number of anilines is 1. The Morgan fingerprint density at radius 3 is 2.74 bits per heavy atom. The maximum absolute atomic E-state index is 12.4. The van der Waals surface area contributed by atoms with Gasteiger partial charge in [-0.05, 0) is 43.5 Å². The number of fused-ring (bicyclic) bond motifs is 2. The van der Waals surface area contributed by atoms with E-state index in [1.807, 2.05) is 30.3 Å². The van der Waals surface area contributed by atoms with Gasteiger partial charge in [0.15, 0.2) is 11.9 Å². The number of carbonyl (C=O) groups excluding carboxylic acids is 1.